The summed E-state index contributed by atoms with van der Waals surface area (Å²) in [5, 5.41) is 115. The van der Waals surface area contributed by atoms with E-state index in [1.54, 1.807) is 50.2 Å². The zero-order valence-corrected chi connectivity index (χ0v) is 63.7. The third-order valence-electron chi connectivity index (χ3n) is 22.0. The smallest absolute Gasteiger partial charge is 0.399 e. The molecule has 3 aromatic heterocycles. The Hall–Kier alpha value is -7.55. The molecule has 0 spiro atoms. The molecule has 4 aliphatic heterocycles. The highest BCUT2D eigenvalue weighted by molar-refractivity contribution is 9.10. The molecule has 10 aromatic rings. The molecule has 14 rings (SSSR count). The van der Waals surface area contributed by atoms with Crippen LogP contribution in [-0.4, -0.2) is 177 Å². The summed E-state index contributed by atoms with van der Waals surface area (Å²) >= 11 is 3.38. The molecule has 0 amide bonds. The van der Waals surface area contributed by atoms with Crippen LogP contribution in [0.25, 0.3) is 55.2 Å². The molecule has 107 heavy (non-hydrogen) atoms. The third-order valence-corrected chi connectivity index (χ3v) is 22.5. The van der Waals surface area contributed by atoms with Crippen molar-refractivity contribution in [2.45, 2.75) is 205 Å². The third kappa shape index (κ3) is 17.1. The molecule has 4 aliphatic rings. The lowest BCUT2D eigenvalue weighted by Gasteiger charge is -2.47. The zero-order chi connectivity index (χ0) is 77.2. The number of nitrogen functional groups attached to an aromatic ring is 2. The number of hydrogen-bond acceptors (Lipinski definition) is 24. The second-order valence-corrected chi connectivity index (χ2v) is 30.5. The Bertz CT molecular complexity index is 4470. The van der Waals surface area contributed by atoms with E-state index in [1.807, 2.05) is 67.6 Å². The number of anilines is 2. The van der Waals surface area contributed by atoms with Crippen molar-refractivity contribution in [2.24, 2.45) is 11.8 Å². The van der Waals surface area contributed by atoms with Gasteiger partial charge in [0.25, 0.3) is 0 Å². The van der Waals surface area contributed by atoms with Crippen molar-refractivity contribution in [3.05, 3.63) is 189 Å². The number of aromatic nitrogens is 3. The molecule has 14 N–H and O–H groups in total. The van der Waals surface area contributed by atoms with Crippen LogP contribution in [0, 0.1) is 39.5 Å². The van der Waals surface area contributed by atoms with Gasteiger partial charge in [0.15, 0.2) is 28.4 Å². The fourth-order valence-electron chi connectivity index (χ4n) is 14.6. The Balaban J connectivity index is 0.000000149. The van der Waals surface area contributed by atoms with Crippen LogP contribution >= 0.6 is 15.9 Å². The normalized spacial score (nSPS) is 27.0. The van der Waals surface area contributed by atoms with Crippen molar-refractivity contribution in [2.75, 3.05) is 24.7 Å². The first-order chi connectivity index (χ1) is 50.8. The number of hydrogen-bond donors (Lipinski definition) is 12. The van der Waals surface area contributed by atoms with Gasteiger partial charge in [0.05, 0.1) is 65.8 Å². The summed E-state index contributed by atoms with van der Waals surface area (Å²) in [5.41, 5.74) is 24.7. The zero-order valence-electron chi connectivity index (χ0n) is 62.1. The first-order valence-electron chi connectivity index (χ1n) is 36.1. The minimum absolute atomic E-state index is 0.00809. The number of benzene rings is 7. The van der Waals surface area contributed by atoms with Gasteiger partial charge in [-0.25, -0.2) is 0 Å². The van der Waals surface area contributed by atoms with Crippen LogP contribution in [-0.2, 0) is 34.9 Å². The predicted octanol–water partition coefficient (Wildman–Crippen LogP) is 9.85. The molecule has 4 fully saturated rings. The van der Waals surface area contributed by atoms with E-state index in [1.165, 1.54) is 16.7 Å². The van der Waals surface area contributed by atoms with Gasteiger partial charge in [0.1, 0.15) is 73.2 Å². The molecule has 0 aliphatic carbocycles. The number of aliphatic hydroxyl groups excluding tert-OH is 10. The number of fused-ring (bicyclic) bond motifs is 3. The van der Waals surface area contributed by atoms with E-state index in [0.29, 0.717) is 63.1 Å². The van der Waals surface area contributed by atoms with Crippen LogP contribution in [0.1, 0.15) is 125 Å². The number of halogens is 1. The topological polar surface area (TPSA) is 388 Å². The first-order valence-corrected chi connectivity index (χ1v) is 36.9. The summed E-state index contributed by atoms with van der Waals surface area (Å²) in [5.74, 6) is 1.66. The Morgan fingerprint density at radius 2 is 0.944 bits per heavy atom. The summed E-state index contributed by atoms with van der Waals surface area (Å²) in [4.78, 5) is 0. The number of nitrogens with zero attached hydrogens (tertiary/aromatic N) is 3. The number of ether oxygens (including phenoxy) is 4. The van der Waals surface area contributed by atoms with E-state index >= 15 is 0 Å². The van der Waals surface area contributed by atoms with Crippen LogP contribution in [0.3, 0.4) is 0 Å². The van der Waals surface area contributed by atoms with Gasteiger partial charge in [0, 0.05) is 15.8 Å². The number of aryl methyl sites for hydroxylation is 4. The molecule has 0 saturated carbocycles. The van der Waals surface area contributed by atoms with Gasteiger partial charge >= 0.3 is 7.12 Å². The van der Waals surface area contributed by atoms with E-state index < -0.39 is 86.5 Å². The standard InChI is InChI=1S/C31H45BO4.2C21H24N2O7.C8H6BrNO/c1-10-27-21(3)22(4)28(33-19-24-14-12-11-13-15-24)29(34-27)23(5)26-17-16-25(18-20(26)2)32-35-30(6,7)31(8,9)36-32;2*1-9-6-10(11-3-5-14-13(7-11)21(22)23-30-14)2-4-12(9)16(25)20-19(28)18(27)17(26)15(8-24)29-20;1-5-7-4-6(9)2-3-8(7)11-10-5/h11-18,21-23,27-29H,10,19H2,1-9H3;2*2-7,15-20,24-28H,8H2,1H3,(H2,22,23);2-4H,1H3/t21-,22-,23+,27?,28?,29+;2*15?,16-,17-,18+,19?,20-;/m011./s1. The molecule has 0 radical (unpaired) electrons. The summed E-state index contributed by atoms with van der Waals surface area (Å²) < 4.78 is 53.3. The summed E-state index contributed by atoms with van der Waals surface area (Å²) in [6.07, 6.45) is -14.9. The Kier molecular flexibility index (Phi) is 25.4. The van der Waals surface area contributed by atoms with Crippen molar-refractivity contribution in [1.29, 1.82) is 0 Å². The minimum atomic E-state index is -1.55. The highest BCUT2D eigenvalue weighted by atomic mass is 79.9. The van der Waals surface area contributed by atoms with Crippen LogP contribution in [0.2, 0.25) is 0 Å². The van der Waals surface area contributed by atoms with Crippen LogP contribution in [0.4, 0.5) is 11.6 Å². The van der Waals surface area contributed by atoms with E-state index in [-0.39, 0.29) is 42.6 Å². The predicted molar refractivity (Wildman–Crippen MR) is 409 cm³/mol. The molecule has 24 nitrogen and oxygen atoms in total. The number of aliphatic hydroxyl groups is 10. The summed E-state index contributed by atoms with van der Waals surface area (Å²) in [7, 11) is -0.351. The molecule has 6 unspecified atom stereocenters. The van der Waals surface area contributed by atoms with Crippen molar-refractivity contribution in [3.8, 4) is 22.3 Å². The minimum Gasteiger partial charge on any atom is -0.399 e. The molecular weight excluding hydrogens is 1440 g/mol. The van der Waals surface area contributed by atoms with Crippen LogP contribution < -0.4 is 16.9 Å². The average Bonchev–Trinajstić information content (AvgIpc) is 1.75. The van der Waals surface area contributed by atoms with Crippen molar-refractivity contribution >= 4 is 73.1 Å². The quantitative estimate of drug-likeness (QED) is 0.0425. The lowest BCUT2D eigenvalue weighted by atomic mass is 9.74. The van der Waals surface area contributed by atoms with Gasteiger partial charge in [-0.3, -0.25) is 0 Å². The fraction of sp³-hybridized carbons (Fsp3) is 0.444. The van der Waals surface area contributed by atoms with E-state index in [9.17, 15) is 51.1 Å². The highest BCUT2D eigenvalue weighted by Crippen LogP contribution is 2.43. The van der Waals surface area contributed by atoms with Crippen molar-refractivity contribution in [1.82, 2.24) is 15.5 Å². The van der Waals surface area contributed by atoms with E-state index in [2.05, 4.69) is 136 Å². The van der Waals surface area contributed by atoms with Gasteiger partial charge in [-0.1, -0.05) is 156 Å². The second kappa shape index (κ2) is 33.7. The van der Waals surface area contributed by atoms with Gasteiger partial charge in [-0.2, -0.15) is 0 Å². The molecule has 572 valence electrons. The van der Waals surface area contributed by atoms with Gasteiger partial charge in [-0.15, -0.1) is 0 Å². The monoisotopic (exact) mass is 1540 g/mol. The molecule has 26 heteroatoms. The van der Waals surface area contributed by atoms with Crippen molar-refractivity contribution < 1.29 is 92.9 Å². The van der Waals surface area contributed by atoms with Crippen molar-refractivity contribution in [3.63, 3.8) is 0 Å². The maximum absolute atomic E-state index is 10.8. The molecule has 0 bridgehead atoms. The Labute approximate surface area is 630 Å². The molecular formula is C81H99BBrN5O19. The largest absolute Gasteiger partial charge is 0.494 e. The highest BCUT2D eigenvalue weighted by Gasteiger charge is 2.53. The fourth-order valence-corrected chi connectivity index (χ4v) is 14.9. The van der Waals surface area contributed by atoms with E-state index in [0.717, 1.165) is 66.4 Å². The Morgan fingerprint density at radius 1 is 0.505 bits per heavy atom. The summed E-state index contributed by atoms with van der Waals surface area (Å²) in [6, 6.07) is 44.7. The van der Waals surface area contributed by atoms with Gasteiger partial charge < -0.3 is 104 Å². The summed E-state index contributed by atoms with van der Waals surface area (Å²) in [6.45, 7) is 24.8. The van der Waals surface area contributed by atoms with Crippen LogP contribution in [0.15, 0.2) is 158 Å². The van der Waals surface area contributed by atoms with Gasteiger partial charge in [0.2, 0.25) is 0 Å². The first kappa shape index (κ1) is 80.5. The Morgan fingerprint density at radius 3 is 1.42 bits per heavy atom. The molecule has 7 aromatic carbocycles. The van der Waals surface area contributed by atoms with Crippen LogP contribution in [0.5, 0.6) is 0 Å². The maximum Gasteiger partial charge on any atom is 0.494 e. The molecule has 18 atom stereocenters. The van der Waals surface area contributed by atoms with Gasteiger partial charge in [-0.05, 0) is 183 Å². The lowest BCUT2D eigenvalue weighted by molar-refractivity contribution is -0.250. The lowest BCUT2D eigenvalue weighted by Crippen LogP contribution is -2.59. The number of rotatable bonds is 15. The average molecular weight is 1540 g/mol. The second-order valence-electron chi connectivity index (χ2n) is 29.6. The number of nitrogens with two attached hydrogens (primary N) is 2. The SMILES string of the molecule is CCC1O[C@H]([C@H](C)c2ccc(B3OC(C)(C)C(C)(C)O3)cc2C)C(OCc2ccccc2)[C@@H](C)[C@@H]1C.Cc1cc(-c2ccc3onc(N)c3c2)ccc1[C@@H](O)[C@H]1OC(CO)[C@@H](O)[C@H](O)C1O.Cc1cc(-c2ccc3onc(N)c3c2)ccc1[C@@H](O)[C@H]1OC(CO)[C@@H](O)[C@H](O)C1O.Cc1noc2ccc(Br)cc12. The molecule has 7 heterocycles. The van der Waals surface area contributed by atoms with E-state index in [4.69, 9.17) is 53.3 Å². The molecule has 4 saturated heterocycles. The maximum atomic E-state index is 10.8.